The standard InChI is InChI=1S/C13H18N2O2S/c14-9-5-8-18-12(9)13(16)15-6-7-17-11-4-2-1-3-10(11)15/h5,8,10-11H,1-4,6-7,14H2. The summed E-state index contributed by atoms with van der Waals surface area (Å²) in [4.78, 5) is 15.2. The Kier molecular flexibility index (Phi) is 3.26. The van der Waals surface area contributed by atoms with Crippen molar-refractivity contribution in [1.82, 2.24) is 4.90 Å². The Labute approximate surface area is 111 Å². The minimum Gasteiger partial charge on any atom is -0.397 e. The fraction of sp³-hybridized carbons (Fsp3) is 0.615. The van der Waals surface area contributed by atoms with E-state index in [1.807, 2.05) is 10.3 Å². The molecule has 0 aromatic carbocycles. The summed E-state index contributed by atoms with van der Waals surface area (Å²) in [6.45, 7) is 1.34. The fourth-order valence-electron chi connectivity index (χ4n) is 2.97. The second kappa shape index (κ2) is 4.90. The molecular weight excluding hydrogens is 248 g/mol. The molecule has 4 nitrogen and oxygen atoms in total. The zero-order valence-electron chi connectivity index (χ0n) is 10.3. The maximum Gasteiger partial charge on any atom is 0.266 e. The summed E-state index contributed by atoms with van der Waals surface area (Å²) in [6, 6.07) is 2.05. The highest BCUT2D eigenvalue weighted by molar-refractivity contribution is 7.12. The summed E-state index contributed by atoms with van der Waals surface area (Å²) in [5.41, 5.74) is 6.45. The molecule has 98 valence electrons. The molecule has 2 atom stereocenters. The van der Waals surface area contributed by atoms with Crippen LogP contribution in [0.3, 0.4) is 0 Å². The number of hydrogen-bond donors (Lipinski definition) is 1. The van der Waals surface area contributed by atoms with E-state index in [1.54, 1.807) is 6.07 Å². The van der Waals surface area contributed by atoms with E-state index in [4.69, 9.17) is 10.5 Å². The van der Waals surface area contributed by atoms with Crippen LogP contribution < -0.4 is 5.73 Å². The third-order valence-corrected chi connectivity index (χ3v) is 4.80. The molecule has 18 heavy (non-hydrogen) atoms. The first-order valence-electron chi connectivity index (χ1n) is 6.53. The second-order valence-electron chi connectivity index (χ2n) is 4.96. The average molecular weight is 266 g/mol. The van der Waals surface area contributed by atoms with Gasteiger partial charge in [0.15, 0.2) is 0 Å². The van der Waals surface area contributed by atoms with E-state index >= 15 is 0 Å². The van der Waals surface area contributed by atoms with Crippen molar-refractivity contribution in [1.29, 1.82) is 0 Å². The first-order chi connectivity index (χ1) is 8.77. The molecule has 1 aromatic heterocycles. The van der Waals surface area contributed by atoms with E-state index in [-0.39, 0.29) is 18.1 Å². The van der Waals surface area contributed by atoms with Gasteiger partial charge >= 0.3 is 0 Å². The number of fused-ring (bicyclic) bond motifs is 1. The Bertz CT molecular complexity index is 444. The molecule has 0 radical (unpaired) electrons. The van der Waals surface area contributed by atoms with Gasteiger partial charge in [0.25, 0.3) is 5.91 Å². The predicted molar refractivity (Wildman–Crippen MR) is 71.8 cm³/mol. The predicted octanol–water partition coefficient (Wildman–Crippen LogP) is 2.11. The van der Waals surface area contributed by atoms with Crippen molar-refractivity contribution in [3.05, 3.63) is 16.3 Å². The molecule has 1 aliphatic carbocycles. The Balaban J connectivity index is 1.82. The fourth-order valence-corrected chi connectivity index (χ4v) is 3.74. The normalized spacial score (nSPS) is 27.9. The van der Waals surface area contributed by atoms with Crippen LogP contribution in [0.2, 0.25) is 0 Å². The number of anilines is 1. The molecule has 1 saturated carbocycles. The minimum atomic E-state index is 0.0858. The Hall–Kier alpha value is -1.07. The summed E-state index contributed by atoms with van der Waals surface area (Å²) in [5.74, 6) is 0.0858. The smallest absolute Gasteiger partial charge is 0.266 e. The molecule has 3 rings (SSSR count). The van der Waals surface area contributed by atoms with Gasteiger partial charge in [-0.15, -0.1) is 11.3 Å². The van der Waals surface area contributed by atoms with E-state index in [0.717, 1.165) is 12.8 Å². The SMILES string of the molecule is Nc1ccsc1C(=O)N1CCOC2CCCCC21. The number of morpholine rings is 1. The Morgan fingerprint density at radius 3 is 3.06 bits per heavy atom. The number of hydrogen-bond acceptors (Lipinski definition) is 4. The Morgan fingerprint density at radius 1 is 1.44 bits per heavy atom. The zero-order valence-corrected chi connectivity index (χ0v) is 11.1. The molecule has 0 spiro atoms. The molecule has 1 amide bonds. The van der Waals surface area contributed by atoms with Crippen LogP contribution in [0, 0.1) is 0 Å². The number of ether oxygens (including phenoxy) is 1. The van der Waals surface area contributed by atoms with Crippen molar-refractivity contribution in [2.24, 2.45) is 0 Å². The third kappa shape index (κ3) is 2.01. The zero-order chi connectivity index (χ0) is 12.5. The topological polar surface area (TPSA) is 55.6 Å². The first-order valence-corrected chi connectivity index (χ1v) is 7.41. The Morgan fingerprint density at radius 2 is 2.28 bits per heavy atom. The average Bonchev–Trinajstić information content (AvgIpc) is 2.83. The van der Waals surface area contributed by atoms with E-state index in [2.05, 4.69) is 0 Å². The van der Waals surface area contributed by atoms with E-state index < -0.39 is 0 Å². The number of thiophene rings is 1. The lowest BCUT2D eigenvalue weighted by molar-refractivity contribution is -0.0751. The lowest BCUT2D eigenvalue weighted by Gasteiger charge is -2.43. The van der Waals surface area contributed by atoms with Crippen LogP contribution in [-0.4, -0.2) is 36.1 Å². The maximum atomic E-state index is 12.5. The molecule has 1 aliphatic heterocycles. The van der Waals surface area contributed by atoms with Gasteiger partial charge in [-0.2, -0.15) is 0 Å². The molecule has 1 saturated heterocycles. The van der Waals surface area contributed by atoms with Gasteiger partial charge in [-0.1, -0.05) is 12.8 Å². The van der Waals surface area contributed by atoms with Crippen molar-refractivity contribution in [3.63, 3.8) is 0 Å². The summed E-state index contributed by atoms with van der Waals surface area (Å²) in [5, 5.41) is 1.88. The summed E-state index contributed by atoms with van der Waals surface area (Å²) < 4.78 is 5.79. The van der Waals surface area contributed by atoms with Gasteiger partial charge in [0.1, 0.15) is 4.88 Å². The van der Waals surface area contributed by atoms with Crippen molar-refractivity contribution >= 4 is 22.9 Å². The van der Waals surface area contributed by atoms with Crippen LogP contribution in [0.4, 0.5) is 5.69 Å². The van der Waals surface area contributed by atoms with Gasteiger partial charge in [0.05, 0.1) is 24.4 Å². The van der Waals surface area contributed by atoms with Crippen molar-refractivity contribution in [2.75, 3.05) is 18.9 Å². The highest BCUT2D eigenvalue weighted by Crippen LogP contribution is 2.31. The summed E-state index contributed by atoms with van der Waals surface area (Å²) >= 11 is 1.43. The van der Waals surface area contributed by atoms with Gasteiger partial charge < -0.3 is 15.4 Å². The number of carbonyl (C=O) groups excluding carboxylic acids is 1. The highest BCUT2D eigenvalue weighted by Gasteiger charge is 2.37. The van der Waals surface area contributed by atoms with Gasteiger partial charge in [0, 0.05) is 6.54 Å². The molecule has 5 heteroatoms. The largest absolute Gasteiger partial charge is 0.397 e. The van der Waals surface area contributed by atoms with Crippen LogP contribution in [0.5, 0.6) is 0 Å². The molecule has 2 unspecified atom stereocenters. The van der Waals surface area contributed by atoms with Gasteiger partial charge in [-0.3, -0.25) is 4.79 Å². The molecule has 0 bridgehead atoms. The van der Waals surface area contributed by atoms with Crippen LogP contribution in [0.1, 0.15) is 35.4 Å². The third-order valence-electron chi connectivity index (χ3n) is 3.88. The summed E-state index contributed by atoms with van der Waals surface area (Å²) in [7, 11) is 0. The lowest BCUT2D eigenvalue weighted by atomic mass is 9.90. The molecule has 2 fully saturated rings. The summed E-state index contributed by atoms with van der Waals surface area (Å²) in [6.07, 6.45) is 4.77. The molecule has 2 heterocycles. The number of nitrogens with zero attached hydrogens (tertiary/aromatic N) is 1. The quantitative estimate of drug-likeness (QED) is 0.847. The molecule has 2 N–H and O–H groups in total. The number of amides is 1. The first kappa shape index (κ1) is 12.0. The van der Waals surface area contributed by atoms with Crippen LogP contribution in [0.25, 0.3) is 0 Å². The monoisotopic (exact) mass is 266 g/mol. The molecular formula is C13H18N2O2S. The highest BCUT2D eigenvalue weighted by atomic mass is 32.1. The van der Waals surface area contributed by atoms with Crippen molar-refractivity contribution < 1.29 is 9.53 Å². The van der Waals surface area contributed by atoms with Crippen molar-refractivity contribution in [2.45, 2.75) is 37.8 Å². The van der Waals surface area contributed by atoms with Crippen molar-refractivity contribution in [3.8, 4) is 0 Å². The van der Waals surface area contributed by atoms with Gasteiger partial charge in [0.2, 0.25) is 0 Å². The number of nitrogens with two attached hydrogens (primary N) is 1. The van der Waals surface area contributed by atoms with E-state index in [1.165, 1.54) is 24.2 Å². The van der Waals surface area contributed by atoms with E-state index in [0.29, 0.717) is 23.7 Å². The van der Waals surface area contributed by atoms with Crippen LogP contribution in [0.15, 0.2) is 11.4 Å². The molecule has 2 aliphatic rings. The lowest BCUT2D eigenvalue weighted by Crippen LogP contribution is -2.54. The van der Waals surface area contributed by atoms with Gasteiger partial charge in [-0.25, -0.2) is 0 Å². The molecule has 1 aromatic rings. The van der Waals surface area contributed by atoms with Crippen LogP contribution >= 0.6 is 11.3 Å². The maximum absolute atomic E-state index is 12.5. The van der Waals surface area contributed by atoms with Gasteiger partial charge in [-0.05, 0) is 24.3 Å². The number of carbonyl (C=O) groups is 1. The van der Waals surface area contributed by atoms with E-state index in [9.17, 15) is 4.79 Å². The number of rotatable bonds is 1. The number of nitrogen functional groups attached to an aromatic ring is 1. The van der Waals surface area contributed by atoms with Crippen LogP contribution in [-0.2, 0) is 4.74 Å². The minimum absolute atomic E-state index is 0.0858. The second-order valence-corrected chi connectivity index (χ2v) is 5.88.